The Bertz CT molecular complexity index is 1250. The van der Waals surface area contributed by atoms with Crippen molar-refractivity contribution in [3.63, 3.8) is 0 Å². The first-order chi connectivity index (χ1) is 17.9. The van der Waals surface area contributed by atoms with Crippen LogP contribution in [-0.4, -0.2) is 50.0 Å². The fourth-order valence-electron chi connectivity index (χ4n) is 4.67. The van der Waals surface area contributed by atoms with E-state index in [1.54, 1.807) is 37.3 Å². The van der Waals surface area contributed by atoms with Crippen LogP contribution in [-0.2, 0) is 26.2 Å². The molecule has 0 radical (unpaired) electrons. The highest BCUT2D eigenvalue weighted by atomic mass is 35.5. The van der Waals surface area contributed by atoms with E-state index >= 15 is 0 Å². The van der Waals surface area contributed by atoms with Crippen molar-refractivity contribution in [1.82, 2.24) is 10.2 Å². The van der Waals surface area contributed by atoms with Crippen molar-refractivity contribution >= 4 is 62.3 Å². The monoisotopic (exact) mass is 601 g/mol. The molecule has 2 aromatic carbocycles. The molecule has 3 rings (SSSR count). The molecule has 0 aliphatic heterocycles. The number of nitrogens with zero attached hydrogens (tertiary/aromatic N) is 2. The van der Waals surface area contributed by atoms with Crippen LogP contribution in [0.4, 0.5) is 5.69 Å². The summed E-state index contributed by atoms with van der Waals surface area (Å²) in [4.78, 5) is 28.7. The summed E-state index contributed by atoms with van der Waals surface area (Å²) in [5, 5.41) is 4.18. The third-order valence-corrected chi connectivity index (χ3v) is 9.11. The summed E-state index contributed by atoms with van der Waals surface area (Å²) in [6.07, 6.45) is 6.36. The molecule has 1 fully saturated rings. The van der Waals surface area contributed by atoms with Gasteiger partial charge in [0.15, 0.2) is 0 Å². The van der Waals surface area contributed by atoms with E-state index in [2.05, 4.69) is 5.32 Å². The highest BCUT2D eigenvalue weighted by Gasteiger charge is 2.33. The zero-order chi connectivity index (χ0) is 28.0. The first kappa shape index (κ1) is 30.5. The number of hydrogen-bond acceptors (Lipinski definition) is 4. The molecule has 0 unspecified atom stereocenters. The molecule has 1 saturated carbocycles. The van der Waals surface area contributed by atoms with E-state index in [1.807, 2.05) is 6.92 Å². The quantitative estimate of drug-likeness (QED) is 0.363. The van der Waals surface area contributed by atoms with Gasteiger partial charge in [0.1, 0.15) is 12.6 Å². The molecule has 0 heterocycles. The SMILES string of the molecule is CC[C@@H](C(=O)NC1CCCCC1)N(Cc1c(Cl)cccc1Cl)C(=O)CN(c1ccc(C)c(Cl)c1)S(C)(=O)=O. The molecule has 0 bridgehead atoms. The number of rotatable bonds is 10. The molecule has 208 valence electrons. The Labute approximate surface area is 240 Å². The topological polar surface area (TPSA) is 86.8 Å². The molecule has 1 N–H and O–H groups in total. The van der Waals surface area contributed by atoms with Crippen LogP contribution in [0.1, 0.15) is 56.6 Å². The Hall–Kier alpha value is -2.00. The van der Waals surface area contributed by atoms with Crippen LogP contribution >= 0.6 is 34.8 Å². The molecule has 7 nitrogen and oxygen atoms in total. The fraction of sp³-hybridized carbons (Fsp3) is 0.481. The number of halogens is 3. The van der Waals surface area contributed by atoms with Gasteiger partial charge in [-0.2, -0.15) is 0 Å². The van der Waals surface area contributed by atoms with Gasteiger partial charge in [-0.05, 0) is 56.0 Å². The minimum atomic E-state index is -3.87. The second-order valence-electron chi connectivity index (χ2n) is 9.69. The third-order valence-electron chi connectivity index (χ3n) is 6.85. The van der Waals surface area contributed by atoms with Crippen LogP contribution in [0.5, 0.6) is 0 Å². The Morgan fingerprint density at radius 3 is 2.21 bits per heavy atom. The van der Waals surface area contributed by atoms with E-state index in [-0.39, 0.29) is 24.2 Å². The lowest BCUT2D eigenvalue weighted by Crippen LogP contribution is -2.54. The van der Waals surface area contributed by atoms with Gasteiger partial charge in [0.05, 0.1) is 11.9 Å². The van der Waals surface area contributed by atoms with Crippen molar-refractivity contribution in [2.24, 2.45) is 0 Å². The van der Waals surface area contributed by atoms with Gasteiger partial charge < -0.3 is 10.2 Å². The summed E-state index contributed by atoms with van der Waals surface area (Å²) in [6.45, 7) is 3.04. The summed E-state index contributed by atoms with van der Waals surface area (Å²) < 4.78 is 26.6. The molecule has 0 spiro atoms. The van der Waals surface area contributed by atoms with E-state index in [4.69, 9.17) is 34.8 Å². The lowest BCUT2D eigenvalue weighted by atomic mass is 9.95. The summed E-state index contributed by atoms with van der Waals surface area (Å²) >= 11 is 19.1. The Morgan fingerprint density at radius 2 is 1.66 bits per heavy atom. The average Bonchev–Trinajstić information content (AvgIpc) is 2.85. The van der Waals surface area contributed by atoms with Gasteiger partial charge >= 0.3 is 0 Å². The summed E-state index contributed by atoms with van der Waals surface area (Å²) in [5.74, 6) is -0.839. The number of benzene rings is 2. The Balaban J connectivity index is 1.97. The van der Waals surface area contributed by atoms with E-state index in [9.17, 15) is 18.0 Å². The second kappa shape index (κ2) is 13.4. The number of hydrogen-bond donors (Lipinski definition) is 1. The predicted molar refractivity (Wildman–Crippen MR) is 154 cm³/mol. The maximum Gasteiger partial charge on any atom is 0.244 e. The van der Waals surface area contributed by atoms with E-state index in [0.29, 0.717) is 27.1 Å². The van der Waals surface area contributed by atoms with Crippen LogP contribution in [0.3, 0.4) is 0 Å². The van der Waals surface area contributed by atoms with Crippen LogP contribution in [0.2, 0.25) is 15.1 Å². The largest absolute Gasteiger partial charge is 0.352 e. The number of carbonyl (C=O) groups excluding carboxylic acids is 2. The molecule has 38 heavy (non-hydrogen) atoms. The highest BCUT2D eigenvalue weighted by Crippen LogP contribution is 2.29. The van der Waals surface area contributed by atoms with Crippen molar-refractivity contribution in [2.75, 3.05) is 17.1 Å². The first-order valence-corrected chi connectivity index (χ1v) is 15.7. The number of anilines is 1. The zero-order valence-electron chi connectivity index (χ0n) is 21.8. The smallest absolute Gasteiger partial charge is 0.244 e. The molecule has 1 aliphatic rings. The standard InChI is InChI=1S/C27H34Cl3N3O4S/c1-4-25(27(35)31-19-9-6-5-7-10-19)32(16-21-22(28)11-8-12-23(21)29)26(34)17-33(38(3,36)37)20-14-13-18(2)24(30)15-20/h8,11-15,19,25H,4-7,9-10,16-17H2,1-3H3,(H,31,35)/t25-/m0/s1. The Kier molecular flexibility index (Phi) is 10.7. The minimum absolute atomic E-state index is 0.0494. The number of nitrogens with one attached hydrogen (secondary N) is 1. The maximum atomic E-state index is 13.9. The number of aryl methyl sites for hydroxylation is 1. The van der Waals surface area contributed by atoms with Gasteiger partial charge in [0.2, 0.25) is 21.8 Å². The highest BCUT2D eigenvalue weighted by molar-refractivity contribution is 7.92. The van der Waals surface area contributed by atoms with Gasteiger partial charge in [0.25, 0.3) is 0 Å². The van der Waals surface area contributed by atoms with Gasteiger partial charge in [-0.1, -0.05) is 73.1 Å². The summed E-state index contributed by atoms with van der Waals surface area (Å²) in [7, 11) is -3.87. The number of amides is 2. The fourth-order valence-corrected chi connectivity index (χ4v) is 6.20. The third kappa shape index (κ3) is 7.78. The van der Waals surface area contributed by atoms with Crippen molar-refractivity contribution in [3.05, 3.63) is 62.6 Å². The van der Waals surface area contributed by atoms with Gasteiger partial charge in [0, 0.05) is 33.2 Å². The van der Waals surface area contributed by atoms with Crippen LogP contribution in [0.15, 0.2) is 36.4 Å². The Morgan fingerprint density at radius 1 is 1.03 bits per heavy atom. The molecule has 2 aromatic rings. The van der Waals surface area contributed by atoms with Crippen molar-refractivity contribution in [3.8, 4) is 0 Å². The summed E-state index contributed by atoms with van der Waals surface area (Å²) in [5.41, 5.74) is 1.51. The van der Waals surface area contributed by atoms with E-state index in [1.165, 1.54) is 11.0 Å². The van der Waals surface area contributed by atoms with Crippen molar-refractivity contribution in [2.45, 2.75) is 71.0 Å². The predicted octanol–water partition coefficient (Wildman–Crippen LogP) is 5.98. The van der Waals surface area contributed by atoms with Crippen molar-refractivity contribution < 1.29 is 18.0 Å². The normalized spacial score (nSPS) is 15.1. The van der Waals surface area contributed by atoms with Gasteiger partial charge in [-0.25, -0.2) is 8.42 Å². The number of carbonyl (C=O) groups is 2. The molecular weight excluding hydrogens is 569 g/mol. The average molecular weight is 603 g/mol. The van der Waals surface area contributed by atoms with E-state index in [0.717, 1.165) is 48.2 Å². The molecular formula is C27H34Cl3N3O4S. The zero-order valence-corrected chi connectivity index (χ0v) is 24.9. The van der Waals surface area contributed by atoms with Crippen LogP contribution < -0.4 is 9.62 Å². The second-order valence-corrected chi connectivity index (χ2v) is 12.8. The van der Waals surface area contributed by atoms with Gasteiger partial charge in [-0.15, -0.1) is 0 Å². The van der Waals surface area contributed by atoms with E-state index < -0.39 is 28.5 Å². The van der Waals surface area contributed by atoms with Crippen molar-refractivity contribution in [1.29, 1.82) is 0 Å². The lowest BCUT2D eigenvalue weighted by Gasteiger charge is -2.34. The molecule has 1 atom stereocenters. The number of sulfonamides is 1. The molecule has 11 heteroatoms. The van der Waals surface area contributed by atoms with Crippen LogP contribution in [0, 0.1) is 6.92 Å². The minimum Gasteiger partial charge on any atom is -0.352 e. The molecule has 0 saturated heterocycles. The maximum absolute atomic E-state index is 13.9. The molecule has 1 aliphatic carbocycles. The molecule has 0 aromatic heterocycles. The molecule has 2 amide bonds. The van der Waals surface area contributed by atoms with Gasteiger partial charge in [-0.3, -0.25) is 13.9 Å². The summed E-state index contributed by atoms with van der Waals surface area (Å²) in [6, 6.07) is 9.00. The lowest BCUT2D eigenvalue weighted by molar-refractivity contribution is -0.140. The first-order valence-electron chi connectivity index (χ1n) is 12.7. The van der Waals surface area contributed by atoms with Crippen LogP contribution in [0.25, 0.3) is 0 Å².